The van der Waals surface area contributed by atoms with Crippen molar-refractivity contribution in [1.29, 1.82) is 0 Å². The number of nitrogens with zero attached hydrogens (tertiary/aromatic N) is 4. The van der Waals surface area contributed by atoms with Crippen LogP contribution < -0.4 is 5.32 Å². The molecule has 0 saturated heterocycles. The first-order chi connectivity index (χ1) is 12.6. The quantitative estimate of drug-likeness (QED) is 0.755. The number of imidazole rings is 1. The number of aromatic amines is 1. The van der Waals surface area contributed by atoms with Crippen molar-refractivity contribution in [3.63, 3.8) is 0 Å². The van der Waals surface area contributed by atoms with Crippen molar-refractivity contribution in [1.82, 2.24) is 30.3 Å². The lowest BCUT2D eigenvalue weighted by Crippen LogP contribution is -2.46. The molecule has 0 spiro atoms. The zero-order chi connectivity index (χ0) is 18.1. The van der Waals surface area contributed by atoms with Crippen LogP contribution in [-0.2, 0) is 13.0 Å². The number of nitrogens with one attached hydrogen (secondary N) is 2. The van der Waals surface area contributed by atoms with Gasteiger partial charge in [-0.05, 0) is 13.8 Å². The van der Waals surface area contributed by atoms with E-state index in [1.807, 2.05) is 44.2 Å². The monoisotopic (exact) mass is 352 g/mol. The highest BCUT2D eigenvalue weighted by Gasteiger charge is 2.36. The summed E-state index contributed by atoms with van der Waals surface area (Å²) in [5, 5.41) is 7.02. The predicted octanol–water partition coefficient (Wildman–Crippen LogP) is 2.68. The lowest BCUT2D eigenvalue weighted by Gasteiger charge is -2.33. The van der Waals surface area contributed by atoms with Gasteiger partial charge in [0.25, 0.3) is 0 Å². The van der Waals surface area contributed by atoms with Crippen molar-refractivity contribution in [2.75, 3.05) is 0 Å². The first kappa shape index (κ1) is 16.3. The number of hydrogen-bond donors (Lipinski definition) is 2. The summed E-state index contributed by atoms with van der Waals surface area (Å²) in [7, 11) is 0. The molecule has 8 heteroatoms. The van der Waals surface area contributed by atoms with E-state index in [2.05, 4.69) is 25.4 Å². The minimum Gasteiger partial charge on any atom is -0.347 e. The van der Waals surface area contributed by atoms with Gasteiger partial charge in [0.1, 0.15) is 6.04 Å². The van der Waals surface area contributed by atoms with Gasteiger partial charge in [0.15, 0.2) is 0 Å². The molecule has 0 unspecified atom stereocenters. The summed E-state index contributed by atoms with van der Waals surface area (Å²) in [5.41, 5.74) is 2.72. The Morgan fingerprint density at radius 1 is 1.35 bits per heavy atom. The zero-order valence-electron chi connectivity index (χ0n) is 14.6. The fourth-order valence-electron chi connectivity index (χ4n) is 3.07. The molecule has 0 aliphatic carbocycles. The highest BCUT2D eigenvalue weighted by atomic mass is 16.5. The Hall–Kier alpha value is -3.16. The van der Waals surface area contributed by atoms with Crippen molar-refractivity contribution < 1.29 is 9.32 Å². The van der Waals surface area contributed by atoms with Gasteiger partial charge < -0.3 is 19.7 Å². The van der Waals surface area contributed by atoms with E-state index in [-0.39, 0.29) is 18.1 Å². The van der Waals surface area contributed by atoms with Gasteiger partial charge in [-0.1, -0.05) is 35.5 Å². The molecule has 4 rings (SSSR count). The molecule has 0 bridgehead atoms. The number of carbonyl (C=O) groups excluding carboxylic acids is 1. The van der Waals surface area contributed by atoms with E-state index < -0.39 is 0 Å². The molecule has 1 aromatic carbocycles. The third kappa shape index (κ3) is 3.05. The van der Waals surface area contributed by atoms with Gasteiger partial charge in [-0.25, -0.2) is 9.78 Å². The number of rotatable bonds is 3. The highest BCUT2D eigenvalue weighted by Crippen LogP contribution is 2.32. The third-order valence-corrected chi connectivity index (χ3v) is 4.33. The van der Waals surface area contributed by atoms with Gasteiger partial charge in [0.2, 0.25) is 11.7 Å². The van der Waals surface area contributed by atoms with E-state index in [4.69, 9.17) is 4.52 Å². The second-order valence-electron chi connectivity index (χ2n) is 6.60. The molecule has 3 heterocycles. The number of amides is 2. The molecule has 8 nitrogen and oxygen atoms in total. The number of fused-ring (bicyclic) bond motifs is 1. The van der Waals surface area contributed by atoms with E-state index in [9.17, 15) is 4.79 Å². The Bertz CT molecular complexity index is 901. The summed E-state index contributed by atoms with van der Waals surface area (Å²) in [6, 6.07) is 9.14. The molecule has 0 radical (unpaired) electrons. The largest absolute Gasteiger partial charge is 0.347 e. The Morgan fingerprint density at radius 2 is 2.15 bits per heavy atom. The van der Waals surface area contributed by atoms with Gasteiger partial charge in [0.05, 0.1) is 24.3 Å². The van der Waals surface area contributed by atoms with Gasteiger partial charge in [0, 0.05) is 18.0 Å². The van der Waals surface area contributed by atoms with E-state index in [0.29, 0.717) is 24.7 Å². The number of hydrogen-bond acceptors (Lipinski definition) is 5. The molecule has 2 aromatic heterocycles. The lowest BCUT2D eigenvalue weighted by atomic mass is 10.0. The summed E-state index contributed by atoms with van der Waals surface area (Å²) in [4.78, 5) is 26.4. The minimum atomic E-state index is -0.352. The lowest BCUT2D eigenvalue weighted by molar-refractivity contribution is 0.142. The van der Waals surface area contributed by atoms with Crippen LogP contribution in [0.5, 0.6) is 0 Å². The Kier molecular flexibility index (Phi) is 4.16. The van der Waals surface area contributed by atoms with Crippen molar-refractivity contribution >= 4 is 6.03 Å². The number of aromatic nitrogens is 4. The first-order valence-electron chi connectivity index (χ1n) is 8.59. The van der Waals surface area contributed by atoms with Gasteiger partial charge in [-0.15, -0.1) is 0 Å². The minimum absolute atomic E-state index is 0.0360. The number of urea groups is 1. The molecular formula is C18H20N6O2. The van der Waals surface area contributed by atoms with Crippen LogP contribution in [0, 0.1) is 0 Å². The number of H-pyrrole nitrogens is 1. The molecule has 0 fully saturated rings. The predicted molar refractivity (Wildman–Crippen MR) is 94.0 cm³/mol. The molecule has 1 atom stereocenters. The van der Waals surface area contributed by atoms with E-state index in [0.717, 1.165) is 17.0 Å². The summed E-state index contributed by atoms with van der Waals surface area (Å²) in [6.07, 6.45) is 2.18. The standard InChI is InChI=1S/C18H20N6O2/c1-11(2)21-18(25)24-9-14-13(19-10-20-14)8-15(24)17-22-16(23-26-17)12-6-4-3-5-7-12/h3-7,10-11,15H,8-9H2,1-2H3,(H,19,20)(H,21,25)/t15-/m0/s1. The smallest absolute Gasteiger partial charge is 0.318 e. The van der Waals surface area contributed by atoms with Crippen LogP contribution in [0.25, 0.3) is 11.4 Å². The van der Waals surface area contributed by atoms with E-state index in [1.165, 1.54) is 0 Å². The van der Waals surface area contributed by atoms with E-state index >= 15 is 0 Å². The maximum Gasteiger partial charge on any atom is 0.318 e. The van der Waals surface area contributed by atoms with Crippen LogP contribution in [0.2, 0.25) is 0 Å². The third-order valence-electron chi connectivity index (χ3n) is 4.33. The molecule has 1 aliphatic heterocycles. The fraction of sp³-hybridized carbons (Fsp3) is 0.333. The molecule has 3 aromatic rings. The van der Waals surface area contributed by atoms with Gasteiger partial charge >= 0.3 is 6.03 Å². The van der Waals surface area contributed by atoms with Crippen LogP contribution in [0.4, 0.5) is 4.79 Å². The molecule has 1 aliphatic rings. The van der Waals surface area contributed by atoms with Gasteiger partial charge in [-0.2, -0.15) is 4.98 Å². The van der Waals surface area contributed by atoms with Crippen LogP contribution in [0.3, 0.4) is 0 Å². The van der Waals surface area contributed by atoms with Crippen LogP contribution in [0.15, 0.2) is 41.2 Å². The first-order valence-corrected chi connectivity index (χ1v) is 8.59. The molecule has 26 heavy (non-hydrogen) atoms. The summed E-state index contributed by atoms with van der Waals surface area (Å²) in [6.45, 7) is 4.28. The SMILES string of the molecule is CC(C)NC(=O)N1Cc2[nH]cnc2C[C@H]1c1nc(-c2ccccc2)no1. The zero-order valence-corrected chi connectivity index (χ0v) is 14.6. The average Bonchev–Trinajstić information content (AvgIpc) is 3.29. The summed E-state index contributed by atoms with van der Waals surface area (Å²) >= 11 is 0. The Balaban J connectivity index is 1.66. The summed E-state index contributed by atoms with van der Waals surface area (Å²) in [5.74, 6) is 0.925. The second kappa shape index (κ2) is 6.62. The maximum atomic E-state index is 12.7. The summed E-state index contributed by atoms with van der Waals surface area (Å²) < 4.78 is 5.51. The number of carbonyl (C=O) groups is 1. The van der Waals surface area contributed by atoms with Crippen molar-refractivity contribution in [2.45, 2.75) is 38.9 Å². The molecule has 0 saturated carbocycles. The maximum absolute atomic E-state index is 12.7. The topological polar surface area (TPSA) is 99.9 Å². The van der Waals surface area contributed by atoms with E-state index in [1.54, 1.807) is 11.2 Å². The Morgan fingerprint density at radius 3 is 2.92 bits per heavy atom. The van der Waals surface area contributed by atoms with Crippen LogP contribution in [0.1, 0.15) is 37.2 Å². The highest BCUT2D eigenvalue weighted by molar-refractivity contribution is 5.75. The normalized spacial score (nSPS) is 16.6. The van der Waals surface area contributed by atoms with Crippen molar-refractivity contribution in [3.8, 4) is 11.4 Å². The molecule has 2 N–H and O–H groups in total. The average molecular weight is 352 g/mol. The van der Waals surface area contributed by atoms with Crippen LogP contribution >= 0.6 is 0 Å². The van der Waals surface area contributed by atoms with Crippen LogP contribution in [-0.4, -0.2) is 37.1 Å². The fourth-order valence-corrected chi connectivity index (χ4v) is 3.07. The second-order valence-corrected chi connectivity index (χ2v) is 6.60. The molecular weight excluding hydrogens is 332 g/mol. The van der Waals surface area contributed by atoms with Crippen molar-refractivity contribution in [2.24, 2.45) is 0 Å². The molecule has 134 valence electrons. The van der Waals surface area contributed by atoms with Gasteiger partial charge in [-0.3, -0.25) is 0 Å². The molecule has 2 amide bonds. The Labute approximate surface area is 150 Å². The number of benzene rings is 1. The van der Waals surface area contributed by atoms with Crippen molar-refractivity contribution in [3.05, 3.63) is 53.9 Å².